The van der Waals surface area contributed by atoms with E-state index in [9.17, 15) is 4.79 Å². The molecule has 0 aliphatic rings. The van der Waals surface area contributed by atoms with Crippen molar-refractivity contribution in [3.05, 3.63) is 71.4 Å². The molecule has 6 heteroatoms. The van der Waals surface area contributed by atoms with Gasteiger partial charge in [0.05, 0.1) is 12.0 Å². The molecule has 0 aliphatic heterocycles. The molecule has 5 nitrogen and oxygen atoms in total. The van der Waals surface area contributed by atoms with Gasteiger partial charge in [0.2, 0.25) is 0 Å². The fourth-order valence-corrected chi connectivity index (χ4v) is 2.83. The number of rotatable bonds is 5. The molecule has 0 unspecified atom stereocenters. The molecule has 1 amide bonds. The van der Waals surface area contributed by atoms with Crippen molar-refractivity contribution in [3.8, 4) is 11.3 Å². The van der Waals surface area contributed by atoms with Crippen molar-refractivity contribution < 1.29 is 4.79 Å². The second-order valence-corrected chi connectivity index (χ2v) is 6.94. The van der Waals surface area contributed by atoms with E-state index in [-0.39, 0.29) is 11.9 Å². The van der Waals surface area contributed by atoms with E-state index >= 15 is 0 Å². The molecule has 3 aromatic rings. The summed E-state index contributed by atoms with van der Waals surface area (Å²) in [5.74, 6) is -0.0783. The average molecular weight is 369 g/mol. The Bertz CT molecular complexity index is 902. The largest absolute Gasteiger partial charge is 0.340 e. The van der Waals surface area contributed by atoms with Gasteiger partial charge in [-0.05, 0) is 43.7 Å². The highest BCUT2D eigenvalue weighted by Gasteiger charge is 2.21. The van der Waals surface area contributed by atoms with Crippen LogP contribution < -0.4 is 0 Å². The van der Waals surface area contributed by atoms with Crippen LogP contribution in [0.25, 0.3) is 11.3 Å². The van der Waals surface area contributed by atoms with Crippen molar-refractivity contribution in [3.63, 3.8) is 0 Å². The van der Waals surface area contributed by atoms with Gasteiger partial charge in [0.1, 0.15) is 5.69 Å². The lowest BCUT2D eigenvalue weighted by Gasteiger charge is -2.26. The van der Waals surface area contributed by atoms with Crippen molar-refractivity contribution in [2.24, 2.45) is 7.05 Å². The normalized spacial score (nSPS) is 11.0. The van der Waals surface area contributed by atoms with Crippen LogP contribution in [0.4, 0.5) is 0 Å². The zero-order valence-corrected chi connectivity index (χ0v) is 15.8. The van der Waals surface area contributed by atoms with E-state index in [1.165, 1.54) is 0 Å². The number of aryl methyl sites for hydroxylation is 1. The van der Waals surface area contributed by atoms with Gasteiger partial charge in [-0.25, -0.2) is 4.98 Å². The van der Waals surface area contributed by atoms with E-state index in [4.69, 9.17) is 11.6 Å². The number of hydrogen-bond acceptors (Lipinski definition) is 3. The van der Waals surface area contributed by atoms with Crippen molar-refractivity contribution in [2.45, 2.75) is 26.4 Å². The van der Waals surface area contributed by atoms with Gasteiger partial charge >= 0.3 is 0 Å². The molecule has 0 bridgehead atoms. The minimum atomic E-state index is -0.0783. The number of nitrogens with zero attached hydrogens (tertiary/aromatic N) is 4. The highest BCUT2D eigenvalue weighted by Crippen LogP contribution is 2.21. The Kier molecular flexibility index (Phi) is 5.38. The zero-order valence-electron chi connectivity index (χ0n) is 15.1. The highest BCUT2D eigenvalue weighted by molar-refractivity contribution is 6.30. The van der Waals surface area contributed by atoms with E-state index in [2.05, 4.69) is 9.97 Å². The molecule has 0 saturated heterocycles. The number of pyridine rings is 1. The summed E-state index contributed by atoms with van der Waals surface area (Å²) in [6.45, 7) is 4.50. The van der Waals surface area contributed by atoms with Crippen LogP contribution in [0.5, 0.6) is 0 Å². The number of carbonyl (C=O) groups is 1. The van der Waals surface area contributed by atoms with Crippen LogP contribution in [0.2, 0.25) is 5.02 Å². The van der Waals surface area contributed by atoms with Crippen molar-refractivity contribution in [1.29, 1.82) is 0 Å². The third-order valence-corrected chi connectivity index (χ3v) is 4.38. The third kappa shape index (κ3) is 4.11. The first-order valence-electron chi connectivity index (χ1n) is 8.44. The lowest BCUT2D eigenvalue weighted by atomic mass is 10.1. The van der Waals surface area contributed by atoms with Crippen LogP contribution in [-0.4, -0.2) is 31.4 Å². The standard InChI is InChI=1S/C20H21ClN4O/c1-14(2)25(20(26)19-12-24(3)13-23-19)11-15-8-9-22-18(10-15)16-4-6-17(21)7-5-16/h4-10,12-14H,11H2,1-3H3. The van der Waals surface area contributed by atoms with Crippen LogP contribution in [0, 0.1) is 0 Å². The van der Waals surface area contributed by atoms with E-state index in [1.54, 1.807) is 23.3 Å². The topological polar surface area (TPSA) is 51.0 Å². The van der Waals surface area contributed by atoms with Gasteiger partial charge in [0.25, 0.3) is 5.91 Å². The SMILES string of the molecule is CC(C)N(Cc1ccnc(-c2ccc(Cl)cc2)c1)C(=O)c1cn(C)cn1. The Morgan fingerprint density at radius 1 is 1.19 bits per heavy atom. The molecule has 134 valence electrons. The van der Waals surface area contributed by atoms with Gasteiger partial charge in [-0.1, -0.05) is 23.7 Å². The molecular weight excluding hydrogens is 348 g/mol. The smallest absolute Gasteiger partial charge is 0.274 e. The highest BCUT2D eigenvalue weighted by atomic mass is 35.5. The monoisotopic (exact) mass is 368 g/mol. The van der Waals surface area contributed by atoms with Gasteiger partial charge < -0.3 is 9.47 Å². The van der Waals surface area contributed by atoms with Crippen LogP contribution >= 0.6 is 11.6 Å². The number of benzene rings is 1. The second-order valence-electron chi connectivity index (χ2n) is 6.51. The second kappa shape index (κ2) is 7.70. The molecule has 1 aromatic carbocycles. The van der Waals surface area contributed by atoms with E-state index in [0.717, 1.165) is 16.8 Å². The Morgan fingerprint density at radius 3 is 2.54 bits per heavy atom. The van der Waals surface area contributed by atoms with Gasteiger partial charge in [-0.15, -0.1) is 0 Å². The van der Waals surface area contributed by atoms with E-state index < -0.39 is 0 Å². The lowest BCUT2D eigenvalue weighted by Crippen LogP contribution is -2.36. The fourth-order valence-electron chi connectivity index (χ4n) is 2.71. The zero-order chi connectivity index (χ0) is 18.7. The number of halogens is 1. The Labute approximate surface area is 158 Å². The fraction of sp³-hybridized carbons (Fsp3) is 0.250. The van der Waals surface area contributed by atoms with E-state index in [1.807, 2.05) is 62.2 Å². The maximum Gasteiger partial charge on any atom is 0.274 e. The molecule has 2 heterocycles. The van der Waals surface area contributed by atoms with Gasteiger partial charge in [-0.2, -0.15) is 0 Å². The Balaban J connectivity index is 1.84. The number of hydrogen-bond donors (Lipinski definition) is 0. The first-order chi connectivity index (χ1) is 12.4. The lowest BCUT2D eigenvalue weighted by molar-refractivity contribution is 0.0684. The molecule has 0 spiro atoms. The number of imidazole rings is 1. The molecule has 26 heavy (non-hydrogen) atoms. The van der Waals surface area contributed by atoms with Crippen LogP contribution in [0.15, 0.2) is 55.1 Å². The first kappa shape index (κ1) is 18.1. The molecule has 3 rings (SSSR count). The molecule has 0 fully saturated rings. The Hall–Kier alpha value is -2.66. The summed E-state index contributed by atoms with van der Waals surface area (Å²) in [4.78, 5) is 23.2. The van der Waals surface area contributed by atoms with Crippen molar-refractivity contribution in [2.75, 3.05) is 0 Å². The van der Waals surface area contributed by atoms with Crippen LogP contribution in [0.1, 0.15) is 29.9 Å². The van der Waals surface area contributed by atoms with Gasteiger partial charge in [0.15, 0.2) is 0 Å². The van der Waals surface area contributed by atoms with Gasteiger partial charge in [0, 0.05) is 42.6 Å². The maximum absolute atomic E-state index is 12.8. The van der Waals surface area contributed by atoms with Gasteiger partial charge in [-0.3, -0.25) is 9.78 Å². The maximum atomic E-state index is 12.8. The quantitative estimate of drug-likeness (QED) is 0.678. The predicted molar refractivity (Wildman–Crippen MR) is 103 cm³/mol. The molecule has 0 saturated carbocycles. The summed E-state index contributed by atoms with van der Waals surface area (Å²) in [5, 5.41) is 0.692. The minimum Gasteiger partial charge on any atom is -0.340 e. The summed E-state index contributed by atoms with van der Waals surface area (Å²) < 4.78 is 1.77. The number of carbonyl (C=O) groups excluding carboxylic acids is 1. The first-order valence-corrected chi connectivity index (χ1v) is 8.81. The Morgan fingerprint density at radius 2 is 1.92 bits per heavy atom. The average Bonchev–Trinajstić information content (AvgIpc) is 3.06. The number of aromatic nitrogens is 3. The molecule has 0 atom stereocenters. The van der Waals surface area contributed by atoms with Crippen LogP contribution in [0.3, 0.4) is 0 Å². The molecule has 2 aromatic heterocycles. The number of amides is 1. The molecular formula is C20H21ClN4O. The molecule has 0 aliphatic carbocycles. The predicted octanol–water partition coefficient (Wildman–Crippen LogP) is 4.19. The molecule has 0 radical (unpaired) electrons. The summed E-state index contributed by atoms with van der Waals surface area (Å²) in [5.41, 5.74) is 3.31. The van der Waals surface area contributed by atoms with Crippen LogP contribution in [-0.2, 0) is 13.6 Å². The summed E-state index contributed by atoms with van der Waals surface area (Å²) in [7, 11) is 1.85. The van der Waals surface area contributed by atoms with E-state index in [0.29, 0.717) is 17.3 Å². The summed E-state index contributed by atoms with van der Waals surface area (Å²) in [6, 6.07) is 11.6. The third-order valence-electron chi connectivity index (χ3n) is 4.13. The minimum absolute atomic E-state index is 0.0525. The van der Waals surface area contributed by atoms with Crippen molar-refractivity contribution in [1.82, 2.24) is 19.4 Å². The van der Waals surface area contributed by atoms with Crippen molar-refractivity contribution >= 4 is 17.5 Å². The molecule has 0 N–H and O–H groups in total. The summed E-state index contributed by atoms with van der Waals surface area (Å²) >= 11 is 5.96. The summed E-state index contributed by atoms with van der Waals surface area (Å²) in [6.07, 6.45) is 5.14.